The Balaban J connectivity index is 2.80. The van der Waals surface area contributed by atoms with Crippen molar-refractivity contribution in [1.82, 2.24) is 9.36 Å². The number of alkyl halides is 3. The van der Waals surface area contributed by atoms with E-state index in [1.807, 2.05) is 0 Å². The monoisotopic (exact) mass is 288 g/mol. The molecule has 0 radical (unpaired) electrons. The van der Waals surface area contributed by atoms with Crippen molar-refractivity contribution >= 4 is 39.2 Å². The highest BCUT2D eigenvalue weighted by Gasteiger charge is 2.29. The van der Waals surface area contributed by atoms with Gasteiger partial charge < -0.3 is 10.6 Å². The Morgan fingerprint density at radius 2 is 2.24 bits per heavy atom. The number of aromatic nitrogens is 2. The first-order valence-electron chi connectivity index (χ1n) is 3.85. The van der Waals surface area contributed by atoms with Gasteiger partial charge in [0.25, 0.3) is 5.24 Å². The summed E-state index contributed by atoms with van der Waals surface area (Å²) in [5, 5.41) is 1.80. The molecule has 1 aromatic rings. The van der Waals surface area contributed by atoms with Crippen molar-refractivity contribution in [3.05, 3.63) is 5.82 Å². The topological polar surface area (TPSA) is 90.5 Å². The molecule has 0 bridgehead atoms. The Labute approximate surface area is 101 Å². The molecule has 0 unspecified atom stereocenters. The summed E-state index contributed by atoms with van der Waals surface area (Å²) < 4.78 is 38.8. The van der Waals surface area contributed by atoms with Gasteiger partial charge in [0.05, 0.1) is 0 Å². The number of oxime groups is 1. The molecule has 1 heterocycles. The van der Waals surface area contributed by atoms with Gasteiger partial charge in [-0.25, -0.2) is 0 Å². The predicted molar refractivity (Wildman–Crippen MR) is 53.7 cm³/mol. The minimum Gasteiger partial charge on any atom is -0.385 e. The van der Waals surface area contributed by atoms with Crippen molar-refractivity contribution in [3.8, 4) is 0 Å². The van der Waals surface area contributed by atoms with Crippen LogP contribution in [0.15, 0.2) is 5.16 Å². The lowest BCUT2D eigenvalue weighted by Crippen LogP contribution is -2.18. The fraction of sp³-hybridized carbons (Fsp3) is 0.333. The van der Waals surface area contributed by atoms with Crippen LogP contribution in [0.3, 0.4) is 0 Å². The quantitative estimate of drug-likeness (QED) is 0.510. The first-order valence-corrected chi connectivity index (χ1v) is 5.01. The van der Waals surface area contributed by atoms with E-state index in [9.17, 15) is 18.0 Å². The molecule has 2 N–H and O–H groups in total. The second-order valence-electron chi connectivity index (χ2n) is 2.56. The number of carbonyl (C=O) groups excluding carboxylic acids is 1. The maximum atomic E-state index is 11.8. The van der Waals surface area contributed by atoms with E-state index in [0.29, 0.717) is 0 Å². The molecule has 0 atom stereocenters. The van der Waals surface area contributed by atoms with Crippen molar-refractivity contribution in [1.29, 1.82) is 0 Å². The Morgan fingerprint density at radius 1 is 1.59 bits per heavy atom. The summed E-state index contributed by atoms with van der Waals surface area (Å²) in [5.41, 5.74) is 4.59. The molecule has 0 saturated heterocycles. The molecule has 0 amide bonds. The number of carbonyl (C=O) groups is 1. The lowest BCUT2D eigenvalue weighted by atomic mass is 10.4. The zero-order valence-electron chi connectivity index (χ0n) is 7.86. The maximum Gasteiger partial charge on any atom is 0.425 e. The summed E-state index contributed by atoms with van der Waals surface area (Å²) in [6.07, 6.45) is -4.57. The van der Waals surface area contributed by atoms with E-state index < -0.39 is 23.7 Å². The van der Waals surface area contributed by atoms with Crippen LogP contribution in [0.25, 0.3) is 0 Å². The summed E-state index contributed by atoms with van der Waals surface area (Å²) in [6, 6.07) is 0. The van der Waals surface area contributed by atoms with Crippen molar-refractivity contribution in [2.45, 2.75) is 6.18 Å². The number of nitrogens with zero attached hydrogens (tertiary/aromatic N) is 3. The van der Waals surface area contributed by atoms with Crippen molar-refractivity contribution in [3.63, 3.8) is 0 Å². The molecular formula is C6H4ClF3N4O2S. The smallest absolute Gasteiger partial charge is 0.385 e. The second-order valence-corrected chi connectivity index (χ2v) is 3.69. The van der Waals surface area contributed by atoms with Crippen LogP contribution < -0.4 is 5.73 Å². The van der Waals surface area contributed by atoms with Gasteiger partial charge in [0.1, 0.15) is 0 Å². The van der Waals surface area contributed by atoms with Gasteiger partial charge in [-0.1, -0.05) is 5.16 Å². The number of anilines is 1. The molecule has 94 valence electrons. The Bertz CT molecular complexity index is 447. The first kappa shape index (κ1) is 13.6. The highest BCUT2D eigenvalue weighted by Crippen LogP contribution is 2.15. The van der Waals surface area contributed by atoms with Crippen molar-refractivity contribution < 1.29 is 22.8 Å². The van der Waals surface area contributed by atoms with Crippen LogP contribution >= 0.6 is 23.1 Å². The maximum absolute atomic E-state index is 11.8. The minimum absolute atomic E-state index is 0.0152. The number of rotatable bonds is 4. The Hall–Kier alpha value is -1.42. The molecule has 0 aromatic carbocycles. The van der Waals surface area contributed by atoms with Crippen molar-refractivity contribution in [2.24, 2.45) is 5.16 Å². The zero-order chi connectivity index (χ0) is 13.1. The molecule has 0 spiro atoms. The van der Waals surface area contributed by atoms with Crippen LogP contribution in [0.5, 0.6) is 0 Å². The fourth-order valence-corrected chi connectivity index (χ4v) is 1.22. The molecule has 0 aliphatic carbocycles. The van der Waals surface area contributed by atoms with Gasteiger partial charge >= 0.3 is 6.18 Å². The van der Waals surface area contributed by atoms with Crippen LogP contribution in [-0.2, 0) is 9.63 Å². The zero-order valence-corrected chi connectivity index (χ0v) is 9.44. The van der Waals surface area contributed by atoms with Gasteiger partial charge in [-0.15, -0.1) is 0 Å². The van der Waals surface area contributed by atoms with E-state index in [4.69, 9.17) is 17.3 Å². The van der Waals surface area contributed by atoms with Crippen LogP contribution in [-0.4, -0.2) is 33.1 Å². The molecule has 0 aliphatic heterocycles. The third-order valence-corrected chi connectivity index (χ3v) is 1.95. The molecule has 11 heteroatoms. The second kappa shape index (κ2) is 5.27. The fourth-order valence-electron chi connectivity index (χ4n) is 0.666. The molecule has 1 aromatic heterocycles. The normalized spacial score (nSPS) is 12.6. The average Bonchev–Trinajstić information content (AvgIpc) is 2.57. The number of hydrogen-bond donors (Lipinski definition) is 1. The largest absolute Gasteiger partial charge is 0.425 e. The lowest BCUT2D eigenvalue weighted by Gasteiger charge is -2.03. The number of halogens is 4. The van der Waals surface area contributed by atoms with E-state index in [1.165, 1.54) is 0 Å². The van der Waals surface area contributed by atoms with E-state index in [-0.39, 0.29) is 11.0 Å². The highest BCUT2D eigenvalue weighted by molar-refractivity contribution is 7.09. The standard InChI is InChI=1S/C6H4ClF3N4O2S/c7-3(15)2(4-12-5(11)17-14-4)13-16-1-6(8,9)10/h1H2,(H2,11,12,14). The Kier molecular flexibility index (Phi) is 4.23. The van der Waals surface area contributed by atoms with Gasteiger partial charge in [-0.3, -0.25) is 4.79 Å². The van der Waals surface area contributed by atoms with Gasteiger partial charge in [-0.05, 0) is 11.6 Å². The Morgan fingerprint density at radius 3 is 2.65 bits per heavy atom. The lowest BCUT2D eigenvalue weighted by molar-refractivity contribution is -0.173. The number of nitrogen functional groups attached to an aromatic ring is 1. The minimum atomic E-state index is -4.57. The summed E-state index contributed by atoms with van der Waals surface area (Å²) in [7, 11) is 0. The van der Waals surface area contributed by atoms with Crippen LogP contribution in [0, 0.1) is 0 Å². The molecule has 0 aliphatic rings. The molecule has 6 nitrogen and oxygen atoms in total. The molecule has 1 rings (SSSR count). The third-order valence-electron chi connectivity index (χ3n) is 1.22. The average molecular weight is 289 g/mol. The highest BCUT2D eigenvalue weighted by atomic mass is 35.5. The molecule has 17 heavy (non-hydrogen) atoms. The number of nitrogens with two attached hydrogens (primary N) is 1. The summed E-state index contributed by atoms with van der Waals surface area (Å²) >= 11 is 5.83. The third kappa shape index (κ3) is 4.53. The van der Waals surface area contributed by atoms with Crippen LogP contribution in [0.4, 0.5) is 18.3 Å². The van der Waals surface area contributed by atoms with Crippen molar-refractivity contribution in [2.75, 3.05) is 12.3 Å². The van der Waals surface area contributed by atoms with Gasteiger partial charge in [0, 0.05) is 11.5 Å². The van der Waals surface area contributed by atoms with E-state index >= 15 is 0 Å². The van der Waals surface area contributed by atoms with Gasteiger partial charge in [-0.2, -0.15) is 22.5 Å². The van der Waals surface area contributed by atoms with Gasteiger partial charge in [0.2, 0.25) is 18.1 Å². The summed E-state index contributed by atoms with van der Waals surface area (Å²) in [6.45, 7) is -1.65. The number of hydrogen-bond acceptors (Lipinski definition) is 7. The van der Waals surface area contributed by atoms with Gasteiger partial charge in [0.15, 0.2) is 5.13 Å². The SMILES string of the molecule is Nc1nc(C(=NOCC(F)(F)F)C(=O)Cl)ns1. The van der Waals surface area contributed by atoms with Crippen LogP contribution in [0.1, 0.15) is 5.82 Å². The summed E-state index contributed by atoms with van der Waals surface area (Å²) in [4.78, 5) is 18.3. The van der Waals surface area contributed by atoms with E-state index in [0.717, 1.165) is 11.5 Å². The van der Waals surface area contributed by atoms with E-state index in [2.05, 4.69) is 19.4 Å². The summed E-state index contributed by atoms with van der Waals surface area (Å²) in [5.74, 6) is -0.283. The molecule has 0 fully saturated rings. The molecule has 0 saturated carbocycles. The van der Waals surface area contributed by atoms with Crippen LogP contribution in [0.2, 0.25) is 0 Å². The molecular weight excluding hydrogens is 285 g/mol. The first-order chi connectivity index (χ1) is 7.79. The van der Waals surface area contributed by atoms with E-state index in [1.54, 1.807) is 0 Å². The predicted octanol–water partition coefficient (Wildman–Crippen LogP) is 1.17.